The van der Waals surface area contributed by atoms with E-state index in [1.54, 1.807) is 31.2 Å². The first-order valence-corrected chi connectivity index (χ1v) is 19.4. The lowest BCUT2D eigenvalue weighted by molar-refractivity contribution is -0.141. The maximum atomic E-state index is 14.6. The highest BCUT2D eigenvalue weighted by molar-refractivity contribution is 7.91. The molecule has 2 aromatic rings. The van der Waals surface area contributed by atoms with E-state index in [-0.39, 0.29) is 44.4 Å². The molecular weight excluding hydrogens is 716 g/mol. The van der Waals surface area contributed by atoms with Crippen molar-refractivity contribution < 1.29 is 51.0 Å². The number of nitrogens with zero attached hydrogens (tertiary/aromatic N) is 2. The number of carboxylic acid groups (broad SMARTS) is 1. The van der Waals surface area contributed by atoms with Crippen LogP contribution in [0.1, 0.15) is 88.8 Å². The topological polar surface area (TPSA) is 193 Å². The Labute approximate surface area is 305 Å². The van der Waals surface area contributed by atoms with Gasteiger partial charge in [-0.2, -0.15) is 0 Å². The Hall–Kier alpha value is -4.54. The molecule has 1 aromatic carbocycles. The number of hydrogen-bond acceptors (Lipinski definition) is 9. The van der Waals surface area contributed by atoms with Gasteiger partial charge in [0.1, 0.15) is 34.7 Å². The lowest BCUT2D eigenvalue weighted by atomic mass is 9.87. The van der Waals surface area contributed by atoms with Crippen LogP contribution in [0.25, 0.3) is 10.9 Å². The van der Waals surface area contributed by atoms with Crippen molar-refractivity contribution in [2.45, 2.75) is 112 Å². The predicted octanol–water partition coefficient (Wildman–Crippen LogP) is 3.88. The molecule has 5 aliphatic rings. The largest absolute Gasteiger partial charge is 0.497 e. The molecule has 7 rings (SSSR count). The number of methoxy groups -OCH3 is 1. The zero-order chi connectivity index (χ0) is 37.9. The van der Waals surface area contributed by atoms with Crippen LogP contribution in [-0.4, -0.2) is 88.8 Å². The van der Waals surface area contributed by atoms with Crippen molar-refractivity contribution in [3.05, 3.63) is 41.6 Å². The van der Waals surface area contributed by atoms with E-state index < -0.39 is 79.8 Å². The summed E-state index contributed by atoms with van der Waals surface area (Å²) in [5.74, 6) is -2.54. The van der Waals surface area contributed by atoms with Gasteiger partial charge in [-0.25, -0.2) is 27.0 Å². The van der Waals surface area contributed by atoms with Crippen LogP contribution >= 0.6 is 0 Å². The molecule has 2 saturated carbocycles. The SMILES string of the molecule is COc1ccc2nc(C(F)F)c3c(c2c1)CC[C@]1(C[C@H]2C(=O)N[C@]4(C(=O)NS(=O)(=O)C5(C)CC5)C[C@H]4/C=C\CCCCC[C@H](NC(=O)O)C(=O)N2C1)O3. The summed E-state index contributed by atoms with van der Waals surface area (Å²) in [6.07, 6.45) is 3.01. The first kappa shape index (κ1) is 36.8. The first-order valence-electron chi connectivity index (χ1n) is 17.9. The lowest BCUT2D eigenvalue weighted by Gasteiger charge is -2.37. The van der Waals surface area contributed by atoms with Crippen molar-refractivity contribution in [2.75, 3.05) is 13.7 Å². The summed E-state index contributed by atoms with van der Waals surface area (Å²) in [6, 6.07) is 2.34. The van der Waals surface area contributed by atoms with E-state index in [2.05, 4.69) is 20.3 Å². The predicted molar refractivity (Wildman–Crippen MR) is 186 cm³/mol. The number of pyridine rings is 1. The number of benzene rings is 1. The van der Waals surface area contributed by atoms with Gasteiger partial charge in [0.05, 0.1) is 23.9 Å². The molecule has 4 heterocycles. The fourth-order valence-electron chi connectivity index (χ4n) is 7.96. The number of hydrogen-bond donors (Lipinski definition) is 4. The van der Waals surface area contributed by atoms with Gasteiger partial charge in [0.15, 0.2) is 5.75 Å². The monoisotopic (exact) mass is 759 g/mol. The number of rotatable bonds is 6. The Morgan fingerprint density at radius 1 is 1.15 bits per heavy atom. The lowest BCUT2D eigenvalue weighted by Crippen LogP contribution is -2.58. The minimum absolute atomic E-state index is 0.117. The molecule has 3 aliphatic heterocycles. The van der Waals surface area contributed by atoms with Crippen molar-refractivity contribution in [2.24, 2.45) is 5.92 Å². The molecule has 17 heteroatoms. The minimum Gasteiger partial charge on any atom is -0.497 e. The average molecular weight is 760 g/mol. The minimum atomic E-state index is -4.06. The highest BCUT2D eigenvalue weighted by atomic mass is 32.2. The van der Waals surface area contributed by atoms with Crippen LogP contribution < -0.4 is 24.8 Å². The molecule has 3 fully saturated rings. The van der Waals surface area contributed by atoms with Gasteiger partial charge in [-0.05, 0) is 76.5 Å². The highest BCUT2D eigenvalue weighted by Crippen LogP contribution is 2.50. The van der Waals surface area contributed by atoms with Gasteiger partial charge in [0, 0.05) is 23.3 Å². The summed E-state index contributed by atoms with van der Waals surface area (Å²) < 4.78 is 68.3. The van der Waals surface area contributed by atoms with Gasteiger partial charge >= 0.3 is 6.09 Å². The van der Waals surface area contributed by atoms with E-state index in [1.165, 1.54) is 12.0 Å². The fourth-order valence-corrected chi connectivity index (χ4v) is 9.27. The average Bonchev–Trinajstić information content (AvgIpc) is 4.00. The number of aromatic nitrogens is 1. The third kappa shape index (κ3) is 6.76. The number of carbonyl (C=O) groups excluding carboxylic acids is 3. The zero-order valence-corrected chi connectivity index (χ0v) is 30.3. The maximum Gasteiger partial charge on any atom is 0.405 e. The van der Waals surface area contributed by atoms with Crippen molar-refractivity contribution in [1.82, 2.24) is 25.2 Å². The molecule has 1 aromatic heterocycles. The number of sulfonamides is 1. The Morgan fingerprint density at radius 2 is 1.92 bits per heavy atom. The van der Waals surface area contributed by atoms with E-state index in [4.69, 9.17) is 9.47 Å². The van der Waals surface area contributed by atoms with Crippen molar-refractivity contribution >= 4 is 44.7 Å². The second kappa shape index (κ2) is 13.4. The van der Waals surface area contributed by atoms with Gasteiger partial charge in [-0.15, -0.1) is 0 Å². The Balaban J connectivity index is 1.26. The van der Waals surface area contributed by atoms with E-state index >= 15 is 0 Å². The van der Waals surface area contributed by atoms with E-state index in [9.17, 15) is 41.5 Å². The highest BCUT2D eigenvalue weighted by Gasteiger charge is 2.64. The molecule has 2 aliphatic carbocycles. The third-order valence-electron chi connectivity index (χ3n) is 11.5. The summed E-state index contributed by atoms with van der Waals surface area (Å²) in [6.45, 7) is 1.30. The number of aryl methyl sites for hydroxylation is 1. The van der Waals surface area contributed by atoms with E-state index in [0.29, 0.717) is 60.7 Å². The summed E-state index contributed by atoms with van der Waals surface area (Å²) in [7, 11) is -2.58. The number of ether oxygens (including phenoxy) is 2. The van der Waals surface area contributed by atoms with E-state index in [1.807, 2.05) is 6.08 Å². The smallest absolute Gasteiger partial charge is 0.405 e. The molecule has 0 radical (unpaired) electrons. The van der Waals surface area contributed by atoms with Gasteiger partial charge in [0.2, 0.25) is 21.8 Å². The fraction of sp³-hybridized carbons (Fsp3) is 0.583. The molecule has 4 N–H and O–H groups in total. The first-order chi connectivity index (χ1) is 25.1. The number of carbonyl (C=O) groups is 4. The molecule has 14 nitrogen and oxygen atoms in total. The molecule has 1 spiro atoms. The van der Waals surface area contributed by atoms with Gasteiger partial charge in [-0.1, -0.05) is 25.0 Å². The van der Waals surface area contributed by atoms with Gasteiger partial charge in [0.25, 0.3) is 12.3 Å². The number of amides is 4. The molecular formula is C36H43F2N5O9S. The molecule has 0 bridgehead atoms. The summed E-state index contributed by atoms with van der Waals surface area (Å²) in [5.41, 5.74) is -2.76. The summed E-state index contributed by atoms with van der Waals surface area (Å²) in [4.78, 5) is 59.8. The van der Waals surface area contributed by atoms with Crippen LogP contribution in [-0.2, 0) is 30.8 Å². The van der Waals surface area contributed by atoms with Crippen LogP contribution in [0.2, 0.25) is 0 Å². The van der Waals surface area contributed by atoms with Crippen LogP contribution in [0.3, 0.4) is 0 Å². The molecule has 4 amide bonds. The number of fused-ring (bicyclic) bond motifs is 5. The molecule has 1 saturated heterocycles. The quantitative estimate of drug-likeness (QED) is 0.314. The number of allylic oxidation sites excluding steroid dienone is 1. The molecule has 0 unspecified atom stereocenters. The second-order valence-corrected chi connectivity index (χ2v) is 17.4. The Morgan fingerprint density at radius 3 is 2.62 bits per heavy atom. The summed E-state index contributed by atoms with van der Waals surface area (Å²) >= 11 is 0. The third-order valence-corrected chi connectivity index (χ3v) is 13.7. The normalized spacial score (nSPS) is 30.1. The zero-order valence-electron chi connectivity index (χ0n) is 29.5. The van der Waals surface area contributed by atoms with Gasteiger partial charge in [-0.3, -0.25) is 19.1 Å². The molecule has 5 atom stereocenters. The van der Waals surface area contributed by atoms with Crippen LogP contribution in [0, 0.1) is 5.92 Å². The molecule has 53 heavy (non-hydrogen) atoms. The van der Waals surface area contributed by atoms with Crippen molar-refractivity contribution in [3.63, 3.8) is 0 Å². The molecule has 286 valence electrons. The Bertz CT molecular complexity index is 2010. The van der Waals surface area contributed by atoms with E-state index in [0.717, 1.165) is 0 Å². The van der Waals surface area contributed by atoms with Crippen LogP contribution in [0.5, 0.6) is 11.5 Å². The second-order valence-electron chi connectivity index (χ2n) is 15.2. The summed E-state index contributed by atoms with van der Waals surface area (Å²) in [5, 5.41) is 15.3. The standard InChI is InChI=1S/C36H43F2N5O9S/c1-34(14-15-34)53(49,50)42-32(46)36-17-20(36)8-6-4-3-5-7-9-25(40-33(47)48)31(45)43-19-35(18-26(43)30(44)41-36)13-12-22-23-16-21(51-2)10-11-24(23)39-27(29(37)38)28(22)52-35/h6,8,10-11,16,20,25-26,29,40H,3-5,7,9,12-15,17-19H2,1-2H3,(H,41,44)(H,42,46)(H,47,48)/b8-6-/t20-,25+,26+,35-,36-/m1/s1. The van der Waals surface area contributed by atoms with Gasteiger partial charge < -0.3 is 30.1 Å². The van der Waals surface area contributed by atoms with Crippen molar-refractivity contribution in [1.29, 1.82) is 0 Å². The number of halogens is 2. The number of alkyl halides is 2. The van der Waals surface area contributed by atoms with Crippen LogP contribution in [0.15, 0.2) is 30.4 Å². The Kier molecular flexibility index (Phi) is 9.30. The van der Waals surface area contributed by atoms with Crippen molar-refractivity contribution in [3.8, 4) is 11.5 Å². The van der Waals surface area contributed by atoms with Crippen LogP contribution in [0.4, 0.5) is 13.6 Å². The number of nitrogens with one attached hydrogen (secondary N) is 3. The maximum absolute atomic E-state index is 14.6.